The summed E-state index contributed by atoms with van der Waals surface area (Å²) in [6, 6.07) is 6.13. The number of hydrogen-bond acceptors (Lipinski definition) is 3. The number of halogens is 1. The highest BCUT2D eigenvalue weighted by atomic mass is 19.1. The SMILES string of the molecule is CC(C)(C(=O)NCCN1CCNCC1)c1ccc(F)cc1. The first-order valence-corrected chi connectivity index (χ1v) is 7.47. The quantitative estimate of drug-likeness (QED) is 0.855. The summed E-state index contributed by atoms with van der Waals surface area (Å²) in [5.41, 5.74) is 0.167. The molecule has 0 aromatic heterocycles. The van der Waals surface area contributed by atoms with Crippen molar-refractivity contribution in [1.82, 2.24) is 15.5 Å². The molecule has 5 heteroatoms. The van der Waals surface area contributed by atoms with Gasteiger partial charge in [0.15, 0.2) is 0 Å². The minimum Gasteiger partial charge on any atom is -0.354 e. The van der Waals surface area contributed by atoms with Crippen LogP contribution in [0.4, 0.5) is 4.39 Å². The number of amides is 1. The number of piperazine rings is 1. The zero-order chi connectivity index (χ0) is 15.3. The second kappa shape index (κ2) is 7.00. The van der Waals surface area contributed by atoms with Gasteiger partial charge in [-0.3, -0.25) is 9.69 Å². The lowest BCUT2D eigenvalue weighted by Crippen LogP contribution is -2.48. The number of nitrogens with one attached hydrogen (secondary N) is 2. The Hall–Kier alpha value is -1.46. The zero-order valence-electron chi connectivity index (χ0n) is 12.8. The molecule has 0 bridgehead atoms. The van der Waals surface area contributed by atoms with Crippen molar-refractivity contribution in [3.8, 4) is 0 Å². The van der Waals surface area contributed by atoms with Crippen molar-refractivity contribution in [2.45, 2.75) is 19.3 Å². The normalized spacial score (nSPS) is 16.7. The van der Waals surface area contributed by atoms with E-state index in [1.807, 2.05) is 13.8 Å². The molecule has 1 aromatic carbocycles. The molecule has 1 heterocycles. The molecule has 1 saturated heterocycles. The molecular weight excluding hydrogens is 269 g/mol. The first-order chi connectivity index (χ1) is 10.00. The summed E-state index contributed by atoms with van der Waals surface area (Å²) in [6.07, 6.45) is 0. The molecule has 0 spiro atoms. The van der Waals surface area contributed by atoms with Gasteiger partial charge in [0.05, 0.1) is 5.41 Å². The van der Waals surface area contributed by atoms with Crippen molar-refractivity contribution in [3.05, 3.63) is 35.6 Å². The Kier molecular flexibility index (Phi) is 5.31. The van der Waals surface area contributed by atoms with Gasteiger partial charge in [-0.25, -0.2) is 4.39 Å². The maximum absolute atomic E-state index is 13.0. The zero-order valence-corrected chi connectivity index (χ0v) is 12.8. The lowest BCUT2D eigenvalue weighted by Gasteiger charge is -2.28. The van der Waals surface area contributed by atoms with Crippen LogP contribution < -0.4 is 10.6 Å². The third-order valence-electron chi connectivity index (χ3n) is 4.06. The summed E-state index contributed by atoms with van der Waals surface area (Å²) >= 11 is 0. The molecule has 2 rings (SSSR count). The van der Waals surface area contributed by atoms with E-state index in [1.165, 1.54) is 12.1 Å². The van der Waals surface area contributed by atoms with Crippen molar-refractivity contribution in [2.24, 2.45) is 0 Å². The van der Waals surface area contributed by atoms with Crippen molar-refractivity contribution >= 4 is 5.91 Å². The van der Waals surface area contributed by atoms with Gasteiger partial charge in [0.25, 0.3) is 0 Å². The second-order valence-corrected chi connectivity index (χ2v) is 5.98. The van der Waals surface area contributed by atoms with Crippen molar-refractivity contribution < 1.29 is 9.18 Å². The minimum absolute atomic E-state index is 0.0238. The fraction of sp³-hybridized carbons (Fsp3) is 0.562. The average molecular weight is 293 g/mol. The van der Waals surface area contributed by atoms with Crippen LogP contribution in [0.2, 0.25) is 0 Å². The van der Waals surface area contributed by atoms with E-state index in [9.17, 15) is 9.18 Å². The Morgan fingerprint density at radius 1 is 1.29 bits per heavy atom. The number of benzene rings is 1. The van der Waals surface area contributed by atoms with Gasteiger partial charge in [-0.2, -0.15) is 0 Å². The van der Waals surface area contributed by atoms with Gasteiger partial charge in [-0.1, -0.05) is 12.1 Å². The predicted octanol–water partition coefficient (Wildman–Crippen LogP) is 1.12. The number of nitrogens with zero attached hydrogens (tertiary/aromatic N) is 1. The molecular formula is C16H24FN3O. The van der Waals surface area contributed by atoms with E-state index in [0.717, 1.165) is 38.3 Å². The van der Waals surface area contributed by atoms with E-state index in [4.69, 9.17) is 0 Å². The van der Waals surface area contributed by atoms with Crippen LogP contribution in [-0.4, -0.2) is 50.1 Å². The highest BCUT2D eigenvalue weighted by Gasteiger charge is 2.29. The van der Waals surface area contributed by atoms with Crippen LogP contribution >= 0.6 is 0 Å². The minimum atomic E-state index is -0.656. The highest BCUT2D eigenvalue weighted by molar-refractivity contribution is 5.87. The molecule has 21 heavy (non-hydrogen) atoms. The molecule has 1 amide bonds. The number of carbonyl (C=O) groups excluding carboxylic acids is 1. The van der Waals surface area contributed by atoms with E-state index in [0.29, 0.717) is 6.54 Å². The van der Waals surface area contributed by atoms with Crippen LogP contribution in [0.5, 0.6) is 0 Å². The maximum Gasteiger partial charge on any atom is 0.230 e. The van der Waals surface area contributed by atoms with E-state index in [1.54, 1.807) is 12.1 Å². The fourth-order valence-electron chi connectivity index (χ4n) is 2.48. The Bertz CT molecular complexity index is 467. The third-order valence-corrected chi connectivity index (χ3v) is 4.06. The van der Waals surface area contributed by atoms with Crippen LogP contribution in [0.3, 0.4) is 0 Å². The predicted molar refractivity (Wildman–Crippen MR) is 81.7 cm³/mol. The topological polar surface area (TPSA) is 44.4 Å². The molecule has 0 radical (unpaired) electrons. The molecule has 0 aliphatic carbocycles. The van der Waals surface area contributed by atoms with Crippen LogP contribution in [0.1, 0.15) is 19.4 Å². The van der Waals surface area contributed by atoms with Crippen LogP contribution in [0.15, 0.2) is 24.3 Å². The number of rotatable bonds is 5. The monoisotopic (exact) mass is 293 g/mol. The average Bonchev–Trinajstić information content (AvgIpc) is 2.48. The molecule has 1 aromatic rings. The van der Waals surface area contributed by atoms with Gasteiger partial charge in [0.1, 0.15) is 5.82 Å². The summed E-state index contributed by atoms with van der Waals surface area (Å²) in [5, 5.41) is 6.29. The van der Waals surface area contributed by atoms with Crippen molar-refractivity contribution in [2.75, 3.05) is 39.3 Å². The van der Waals surface area contributed by atoms with Gasteiger partial charge >= 0.3 is 0 Å². The lowest BCUT2D eigenvalue weighted by atomic mass is 9.84. The van der Waals surface area contributed by atoms with Gasteiger partial charge in [-0.15, -0.1) is 0 Å². The Morgan fingerprint density at radius 3 is 2.52 bits per heavy atom. The number of carbonyl (C=O) groups is 1. The molecule has 0 atom stereocenters. The largest absolute Gasteiger partial charge is 0.354 e. The first kappa shape index (κ1) is 15.9. The van der Waals surface area contributed by atoms with Crippen molar-refractivity contribution in [1.29, 1.82) is 0 Å². The van der Waals surface area contributed by atoms with Gasteiger partial charge in [-0.05, 0) is 31.5 Å². The molecule has 1 fully saturated rings. The molecule has 116 valence electrons. The molecule has 2 N–H and O–H groups in total. The fourth-order valence-corrected chi connectivity index (χ4v) is 2.48. The Balaban J connectivity index is 1.84. The van der Waals surface area contributed by atoms with E-state index < -0.39 is 5.41 Å². The van der Waals surface area contributed by atoms with Crippen LogP contribution in [0.25, 0.3) is 0 Å². The highest BCUT2D eigenvalue weighted by Crippen LogP contribution is 2.23. The Morgan fingerprint density at radius 2 is 1.90 bits per heavy atom. The van der Waals surface area contributed by atoms with Gasteiger partial charge in [0.2, 0.25) is 5.91 Å². The summed E-state index contributed by atoms with van der Waals surface area (Å²) < 4.78 is 13.0. The van der Waals surface area contributed by atoms with Gasteiger partial charge < -0.3 is 10.6 Å². The summed E-state index contributed by atoms with van der Waals surface area (Å²) in [7, 11) is 0. The molecule has 0 saturated carbocycles. The lowest BCUT2D eigenvalue weighted by molar-refractivity contribution is -0.125. The van der Waals surface area contributed by atoms with Crippen LogP contribution in [0, 0.1) is 5.82 Å². The maximum atomic E-state index is 13.0. The van der Waals surface area contributed by atoms with E-state index >= 15 is 0 Å². The number of hydrogen-bond donors (Lipinski definition) is 2. The summed E-state index contributed by atoms with van der Waals surface area (Å²) in [6.45, 7) is 9.30. The first-order valence-electron chi connectivity index (χ1n) is 7.47. The van der Waals surface area contributed by atoms with Crippen LogP contribution in [-0.2, 0) is 10.2 Å². The summed E-state index contributed by atoms with van der Waals surface area (Å²) in [4.78, 5) is 14.7. The molecule has 0 unspecified atom stereocenters. The van der Waals surface area contributed by atoms with Crippen molar-refractivity contribution in [3.63, 3.8) is 0 Å². The third kappa shape index (κ3) is 4.25. The van der Waals surface area contributed by atoms with E-state index in [2.05, 4.69) is 15.5 Å². The smallest absolute Gasteiger partial charge is 0.230 e. The molecule has 1 aliphatic rings. The molecule has 4 nitrogen and oxygen atoms in total. The Labute approximate surface area is 125 Å². The second-order valence-electron chi connectivity index (χ2n) is 5.98. The van der Waals surface area contributed by atoms with E-state index in [-0.39, 0.29) is 11.7 Å². The summed E-state index contributed by atoms with van der Waals surface area (Å²) in [5.74, 6) is -0.307. The standard InChI is InChI=1S/C16H24FN3O/c1-16(2,13-3-5-14(17)6-4-13)15(21)19-9-12-20-10-7-18-8-11-20/h3-6,18H,7-12H2,1-2H3,(H,19,21). The van der Waals surface area contributed by atoms with Gasteiger partial charge in [0, 0.05) is 39.3 Å². The molecule has 1 aliphatic heterocycles.